The molecule has 6 heteroatoms. The Labute approximate surface area is 122 Å². The predicted molar refractivity (Wildman–Crippen MR) is 74.8 cm³/mol. The average Bonchev–Trinajstić information content (AvgIpc) is 2.97. The highest BCUT2D eigenvalue weighted by molar-refractivity contribution is 5.94. The maximum Gasteiger partial charge on any atom is 0.311 e. The van der Waals surface area contributed by atoms with E-state index in [9.17, 15) is 14.7 Å². The Kier molecular flexibility index (Phi) is 4.93. The quantitative estimate of drug-likeness (QED) is 0.836. The number of aliphatic hydroxyl groups is 1. The molecule has 2 unspecified atom stereocenters. The Morgan fingerprint density at radius 2 is 1.95 bits per heavy atom. The fourth-order valence-corrected chi connectivity index (χ4v) is 2.53. The Morgan fingerprint density at radius 3 is 2.48 bits per heavy atom. The topological polar surface area (TPSA) is 87.1 Å². The maximum absolute atomic E-state index is 12.5. The minimum Gasteiger partial charge on any atom is -0.481 e. The number of hydrogen-bond donors (Lipinski definition) is 2. The van der Waals surface area contributed by atoms with Crippen LogP contribution in [0.1, 0.15) is 22.8 Å². The van der Waals surface area contributed by atoms with E-state index >= 15 is 0 Å². The van der Waals surface area contributed by atoms with Crippen LogP contribution in [-0.4, -0.2) is 52.8 Å². The van der Waals surface area contributed by atoms with Gasteiger partial charge in [-0.25, -0.2) is 0 Å². The van der Waals surface area contributed by atoms with E-state index in [1.54, 1.807) is 29.2 Å². The van der Waals surface area contributed by atoms with Crippen LogP contribution in [0.4, 0.5) is 0 Å². The van der Waals surface area contributed by atoms with Gasteiger partial charge in [0.2, 0.25) is 0 Å². The Hall–Kier alpha value is -1.92. The molecule has 1 aliphatic heterocycles. The van der Waals surface area contributed by atoms with Crippen molar-refractivity contribution in [1.82, 2.24) is 4.90 Å². The molecule has 1 aromatic carbocycles. The summed E-state index contributed by atoms with van der Waals surface area (Å²) in [5.74, 6) is -1.85. The standard InChI is InChI=1S/C15H19NO5/c1-2-16(13-9-21-8-12(13)15(19)20)14(18)11-5-3-10(7-17)4-6-11/h3-6,12-13,17H,2,7-9H2,1H3,(H,19,20). The summed E-state index contributed by atoms with van der Waals surface area (Å²) in [7, 11) is 0. The highest BCUT2D eigenvalue weighted by atomic mass is 16.5. The Morgan fingerprint density at radius 1 is 1.29 bits per heavy atom. The number of carbonyl (C=O) groups excluding carboxylic acids is 1. The molecule has 0 spiro atoms. The zero-order valence-electron chi connectivity index (χ0n) is 11.9. The zero-order valence-corrected chi connectivity index (χ0v) is 11.9. The lowest BCUT2D eigenvalue weighted by Crippen LogP contribution is -2.46. The summed E-state index contributed by atoms with van der Waals surface area (Å²) in [5, 5.41) is 18.2. The van der Waals surface area contributed by atoms with E-state index in [1.807, 2.05) is 6.92 Å². The number of carboxylic acid groups (broad SMARTS) is 1. The third-order valence-corrected chi connectivity index (χ3v) is 3.75. The molecule has 21 heavy (non-hydrogen) atoms. The normalized spacial score (nSPS) is 21.2. The SMILES string of the molecule is CCN(C(=O)c1ccc(CO)cc1)C1COCC1C(=O)O. The van der Waals surface area contributed by atoms with Gasteiger partial charge < -0.3 is 19.8 Å². The Balaban J connectivity index is 2.19. The lowest BCUT2D eigenvalue weighted by atomic mass is 10.0. The van der Waals surface area contributed by atoms with Gasteiger partial charge in [0.25, 0.3) is 5.91 Å². The van der Waals surface area contributed by atoms with E-state index < -0.39 is 17.9 Å². The predicted octanol–water partition coefficient (Wildman–Crippen LogP) is 0.741. The van der Waals surface area contributed by atoms with Crippen molar-refractivity contribution in [2.75, 3.05) is 19.8 Å². The number of carboxylic acids is 1. The molecule has 0 saturated carbocycles. The van der Waals surface area contributed by atoms with Crippen LogP contribution in [0.15, 0.2) is 24.3 Å². The minimum atomic E-state index is -0.945. The van der Waals surface area contributed by atoms with Gasteiger partial charge in [0.1, 0.15) is 5.92 Å². The average molecular weight is 293 g/mol. The van der Waals surface area contributed by atoms with Crippen LogP contribution in [0.3, 0.4) is 0 Å². The molecule has 1 fully saturated rings. The van der Waals surface area contributed by atoms with Crippen LogP contribution in [0.25, 0.3) is 0 Å². The summed E-state index contributed by atoms with van der Waals surface area (Å²) < 4.78 is 5.23. The van der Waals surface area contributed by atoms with E-state index in [0.717, 1.165) is 5.56 Å². The van der Waals surface area contributed by atoms with Crippen LogP contribution in [-0.2, 0) is 16.1 Å². The van der Waals surface area contributed by atoms with Crippen molar-refractivity contribution >= 4 is 11.9 Å². The van der Waals surface area contributed by atoms with Gasteiger partial charge in [0, 0.05) is 12.1 Å². The summed E-state index contributed by atoms with van der Waals surface area (Å²) in [6, 6.07) is 6.20. The molecule has 1 aromatic rings. The summed E-state index contributed by atoms with van der Waals surface area (Å²) in [4.78, 5) is 25.3. The molecule has 1 heterocycles. The highest BCUT2D eigenvalue weighted by Gasteiger charge is 2.39. The number of likely N-dealkylation sites (N-methyl/N-ethyl adjacent to an activating group) is 1. The summed E-state index contributed by atoms with van der Waals surface area (Å²) in [5.41, 5.74) is 1.20. The van der Waals surface area contributed by atoms with Crippen molar-refractivity contribution in [2.24, 2.45) is 5.92 Å². The van der Waals surface area contributed by atoms with Gasteiger partial charge in [-0.3, -0.25) is 9.59 Å². The second kappa shape index (κ2) is 6.69. The van der Waals surface area contributed by atoms with E-state index in [0.29, 0.717) is 12.1 Å². The van der Waals surface area contributed by atoms with Gasteiger partial charge >= 0.3 is 5.97 Å². The molecule has 0 bridgehead atoms. The number of carbonyl (C=O) groups is 2. The number of amides is 1. The van der Waals surface area contributed by atoms with Crippen molar-refractivity contribution in [3.05, 3.63) is 35.4 Å². The first kappa shape index (κ1) is 15.5. The fraction of sp³-hybridized carbons (Fsp3) is 0.467. The number of aliphatic hydroxyl groups excluding tert-OH is 1. The molecule has 1 saturated heterocycles. The van der Waals surface area contributed by atoms with Gasteiger partial charge in [-0.2, -0.15) is 0 Å². The van der Waals surface area contributed by atoms with E-state index in [1.165, 1.54) is 0 Å². The van der Waals surface area contributed by atoms with Crippen LogP contribution < -0.4 is 0 Å². The zero-order chi connectivity index (χ0) is 15.4. The number of aliphatic carboxylic acids is 1. The summed E-state index contributed by atoms with van der Waals surface area (Å²) >= 11 is 0. The smallest absolute Gasteiger partial charge is 0.311 e. The first-order chi connectivity index (χ1) is 10.1. The van der Waals surface area contributed by atoms with Crippen LogP contribution in [0, 0.1) is 5.92 Å². The van der Waals surface area contributed by atoms with Crippen molar-refractivity contribution in [2.45, 2.75) is 19.6 Å². The van der Waals surface area contributed by atoms with Gasteiger partial charge in [0.15, 0.2) is 0 Å². The van der Waals surface area contributed by atoms with Crippen LogP contribution in [0.2, 0.25) is 0 Å². The van der Waals surface area contributed by atoms with Crippen molar-refractivity contribution in [1.29, 1.82) is 0 Å². The monoisotopic (exact) mass is 293 g/mol. The van der Waals surface area contributed by atoms with Gasteiger partial charge in [-0.1, -0.05) is 12.1 Å². The molecular formula is C15H19NO5. The summed E-state index contributed by atoms with van der Waals surface area (Å²) in [6.07, 6.45) is 0. The summed E-state index contributed by atoms with van der Waals surface area (Å²) in [6.45, 7) is 2.53. The molecule has 2 rings (SSSR count). The molecule has 1 amide bonds. The van der Waals surface area contributed by atoms with Crippen molar-refractivity contribution in [3.8, 4) is 0 Å². The van der Waals surface area contributed by atoms with Crippen LogP contribution >= 0.6 is 0 Å². The van der Waals surface area contributed by atoms with E-state index in [2.05, 4.69) is 0 Å². The largest absolute Gasteiger partial charge is 0.481 e. The molecule has 0 aliphatic carbocycles. The molecule has 2 N–H and O–H groups in total. The van der Waals surface area contributed by atoms with Gasteiger partial charge in [-0.05, 0) is 24.6 Å². The second-order valence-corrected chi connectivity index (χ2v) is 5.00. The number of ether oxygens (including phenoxy) is 1. The molecule has 1 aliphatic rings. The van der Waals surface area contributed by atoms with Gasteiger partial charge in [-0.15, -0.1) is 0 Å². The molecule has 2 atom stereocenters. The van der Waals surface area contributed by atoms with Gasteiger partial charge in [0.05, 0.1) is 25.9 Å². The minimum absolute atomic E-state index is 0.0798. The first-order valence-corrected chi connectivity index (χ1v) is 6.89. The maximum atomic E-state index is 12.5. The number of hydrogen-bond acceptors (Lipinski definition) is 4. The molecule has 6 nitrogen and oxygen atoms in total. The molecule has 114 valence electrons. The van der Waals surface area contributed by atoms with E-state index in [-0.39, 0.29) is 25.7 Å². The number of nitrogens with zero attached hydrogens (tertiary/aromatic N) is 1. The Bertz CT molecular complexity index is 513. The molecule has 0 radical (unpaired) electrons. The lowest BCUT2D eigenvalue weighted by Gasteiger charge is -2.29. The third-order valence-electron chi connectivity index (χ3n) is 3.75. The molecular weight excluding hydrogens is 274 g/mol. The second-order valence-electron chi connectivity index (χ2n) is 5.00. The van der Waals surface area contributed by atoms with Crippen molar-refractivity contribution in [3.63, 3.8) is 0 Å². The highest BCUT2D eigenvalue weighted by Crippen LogP contribution is 2.22. The number of rotatable bonds is 5. The molecule has 0 aromatic heterocycles. The van der Waals surface area contributed by atoms with Crippen LogP contribution in [0.5, 0.6) is 0 Å². The number of benzene rings is 1. The lowest BCUT2D eigenvalue weighted by molar-refractivity contribution is -0.142. The van der Waals surface area contributed by atoms with E-state index in [4.69, 9.17) is 9.84 Å². The first-order valence-electron chi connectivity index (χ1n) is 6.89. The fourth-order valence-electron chi connectivity index (χ4n) is 2.53. The van der Waals surface area contributed by atoms with Crippen molar-refractivity contribution < 1.29 is 24.5 Å². The third kappa shape index (κ3) is 3.22.